The molecule has 2 aliphatic heterocycles. The van der Waals surface area contributed by atoms with Crippen molar-refractivity contribution < 1.29 is 4.79 Å². The van der Waals surface area contributed by atoms with Gasteiger partial charge in [0, 0.05) is 19.6 Å². The van der Waals surface area contributed by atoms with Gasteiger partial charge in [0.2, 0.25) is 0 Å². The van der Waals surface area contributed by atoms with E-state index in [0.717, 1.165) is 25.3 Å². The highest BCUT2D eigenvalue weighted by Gasteiger charge is 2.34. The van der Waals surface area contributed by atoms with E-state index in [4.69, 9.17) is 0 Å². The molecule has 1 amide bonds. The molecule has 3 aromatic rings. The van der Waals surface area contributed by atoms with Gasteiger partial charge < -0.3 is 20.1 Å². The number of likely N-dealkylation sites (N-methyl/N-ethyl adjacent to an activating group) is 1. The number of aromatic nitrogens is 2. The standard InChI is InChI=1S/C22H24N6O2/c1-26-10-11-27(12-19-24-17-8-4-2-6-15(17)22(30)25-19)20(13-26)28-14-23-21(29)16-7-3-5-9-18(16)28/h2-9,20H,10-14H2,1H3,(H,23,29)(H,24,25,30). The Morgan fingerprint density at radius 1 is 1.07 bits per heavy atom. The highest BCUT2D eigenvalue weighted by atomic mass is 16.2. The van der Waals surface area contributed by atoms with Gasteiger partial charge in [-0.1, -0.05) is 24.3 Å². The third-order valence-corrected chi connectivity index (χ3v) is 5.91. The summed E-state index contributed by atoms with van der Waals surface area (Å²) < 4.78 is 0. The lowest BCUT2D eigenvalue weighted by molar-refractivity contribution is 0.0737. The van der Waals surface area contributed by atoms with Gasteiger partial charge >= 0.3 is 0 Å². The minimum Gasteiger partial charge on any atom is -0.336 e. The van der Waals surface area contributed by atoms with Crippen LogP contribution in [0.3, 0.4) is 0 Å². The number of amides is 1. The van der Waals surface area contributed by atoms with Crippen molar-refractivity contribution in [3.63, 3.8) is 0 Å². The maximum Gasteiger partial charge on any atom is 0.258 e. The molecule has 0 saturated carbocycles. The summed E-state index contributed by atoms with van der Waals surface area (Å²) >= 11 is 0. The number of piperazine rings is 1. The Morgan fingerprint density at radius 2 is 1.87 bits per heavy atom. The zero-order chi connectivity index (χ0) is 20.7. The van der Waals surface area contributed by atoms with E-state index in [2.05, 4.69) is 37.0 Å². The topological polar surface area (TPSA) is 84.6 Å². The van der Waals surface area contributed by atoms with E-state index < -0.39 is 0 Å². The molecule has 0 aliphatic carbocycles. The van der Waals surface area contributed by atoms with Crippen LogP contribution in [0, 0.1) is 0 Å². The van der Waals surface area contributed by atoms with Gasteiger partial charge in [0.25, 0.3) is 11.5 Å². The van der Waals surface area contributed by atoms with Crippen LogP contribution >= 0.6 is 0 Å². The third-order valence-electron chi connectivity index (χ3n) is 5.91. The minimum absolute atomic E-state index is 0.0434. The molecule has 2 aromatic carbocycles. The number of hydrogen-bond donors (Lipinski definition) is 2. The SMILES string of the molecule is CN1CCN(Cc2nc3ccccc3c(=O)[nH]2)C(N2CNC(=O)c3ccccc32)C1. The van der Waals surface area contributed by atoms with Crippen LogP contribution in [0.15, 0.2) is 53.3 Å². The number of carbonyl (C=O) groups is 1. The molecule has 154 valence electrons. The Kier molecular flexibility index (Phi) is 4.72. The van der Waals surface area contributed by atoms with Gasteiger partial charge in [0.15, 0.2) is 0 Å². The quantitative estimate of drug-likeness (QED) is 0.683. The Balaban J connectivity index is 1.48. The molecule has 5 rings (SSSR count). The molecule has 0 radical (unpaired) electrons. The largest absolute Gasteiger partial charge is 0.336 e. The van der Waals surface area contributed by atoms with E-state index in [1.54, 1.807) is 6.07 Å². The van der Waals surface area contributed by atoms with Crippen molar-refractivity contribution in [2.45, 2.75) is 12.7 Å². The van der Waals surface area contributed by atoms with Crippen LogP contribution in [-0.2, 0) is 6.54 Å². The number of rotatable bonds is 3. The number of benzene rings is 2. The highest BCUT2D eigenvalue weighted by molar-refractivity contribution is 6.01. The molecule has 2 aliphatic rings. The number of H-pyrrole nitrogens is 1. The number of nitrogens with one attached hydrogen (secondary N) is 2. The Morgan fingerprint density at radius 3 is 2.77 bits per heavy atom. The van der Waals surface area contributed by atoms with Gasteiger partial charge in [0.1, 0.15) is 5.82 Å². The monoisotopic (exact) mass is 404 g/mol. The minimum atomic E-state index is -0.114. The summed E-state index contributed by atoms with van der Waals surface area (Å²) in [5, 5.41) is 3.59. The van der Waals surface area contributed by atoms with Gasteiger partial charge in [-0.05, 0) is 31.3 Å². The molecule has 1 unspecified atom stereocenters. The van der Waals surface area contributed by atoms with Gasteiger partial charge in [-0.15, -0.1) is 0 Å². The van der Waals surface area contributed by atoms with Crippen LogP contribution in [0.5, 0.6) is 0 Å². The molecule has 1 fully saturated rings. The Labute approximate surface area is 174 Å². The number of fused-ring (bicyclic) bond motifs is 2. The van der Waals surface area contributed by atoms with E-state index in [9.17, 15) is 9.59 Å². The smallest absolute Gasteiger partial charge is 0.258 e. The lowest BCUT2D eigenvalue weighted by Crippen LogP contribution is -2.62. The molecular formula is C22H24N6O2. The molecule has 0 bridgehead atoms. The van der Waals surface area contributed by atoms with E-state index in [0.29, 0.717) is 35.5 Å². The molecule has 2 N–H and O–H groups in total. The molecule has 8 nitrogen and oxygen atoms in total. The average Bonchev–Trinajstić information content (AvgIpc) is 2.76. The molecule has 30 heavy (non-hydrogen) atoms. The summed E-state index contributed by atoms with van der Waals surface area (Å²) in [6.07, 6.45) is 0.0438. The molecular weight excluding hydrogens is 380 g/mol. The van der Waals surface area contributed by atoms with E-state index >= 15 is 0 Å². The molecule has 8 heteroatoms. The molecule has 1 atom stereocenters. The van der Waals surface area contributed by atoms with Crippen molar-refractivity contribution in [3.8, 4) is 0 Å². The number of hydrogen-bond acceptors (Lipinski definition) is 6. The average molecular weight is 404 g/mol. The number of aromatic amines is 1. The predicted molar refractivity (Wildman–Crippen MR) is 115 cm³/mol. The fourth-order valence-corrected chi connectivity index (χ4v) is 4.34. The zero-order valence-electron chi connectivity index (χ0n) is 16.8. The number of anilines is 1. The summed E-state index contributed by atoms with van der Waals surface area (Å²) in [4.78, 5) is 39.3. The second-order valence-corrected chi connectivity index (χ2v) is 7.89. The number of para-hydroxylation sites is 2. The summed E-state index contributed by atoms with van der Waals surface area (Å²) in [6, 6.07) is 15.1. The number of nitrogens with zero attached hydrogens (tertiary/aromatic N) is 4. The zero-order valence-corrected chi connectivity index (χ0v) is 16.8. The van der Waals surface area contributed by atoms with Crippen LogP contribution in [0.25, 0.3) is 10.9 Å². The van der Waals surface area contributed by atoms with E-state index in [1.807, 2.05) is 42.5 Å². The Bertz CT molecular complexity index is 1160. The second-order valence-electron chi connectivity index (χ2n) is 7.89. The van der Waals surface area contributed by atoms with Crippen molar-refractivity contribution in [2.24, 2.45) is 0 Å². The normalized spacial score (nSPS) is 20.2. The van der Waals surface area contributed by atoms with Gasteiger partial charge in [-0.3, -0.25) is 14.5 Å². The Hall–Kier alpha value is -3.23. The fourth-order valence-electron chi connectivity index (χ4n) is 4.34. The first-order valence-electron chi connectivity index (χ1n) is 10.1. The van der Waals surface area contributed by atoms with Crippen molar-refractivity contribution in [1.82, 2.24) is 25.1 Å². The van der Waals surface area contributed by atoms with Crippen LogP contribution in [-0.4, -0.2) is 65.2 Å². The predicted octanol–water partition coefficient (Wildman–Crippen LogP) is 1.20. The van der Waals surface area contributed by atoms with Crippen molar-refractivity contribution in [1.29, 1.82) is 0 Å². The van der Waals surface area contributed by atoms with Gasteiger partial charge in [-0.2, -0.15) is 0 Å². The first-order chi connectivity index (χ1) is 14.6. The summed E-state index contributed by atoms with van der Waals surface area (Å²) in [6.45, 7) is 3.57. The van der Waals surface area contributed by atoms with Crippen LogP contribution in [0.4, 0.5) is 5.69 Å². The molecule has 3 heterocycles. The van der Waals surface area contributed by atoms with E-state index in [1.165, 1.54) is 0 Å². The van der Waals surface area contributed by atoms with Crippen LogP contribution in [0.2, 0.25) is 0 Å². The lowest BCUT2D eigenvalue weighted by Gasteiger charge is -2.47. The molecule has 1 saturated heterocycles. The van der Waals surface area contributed by atoms with Gasteiger partial charge in [-0.25, -0.2) is 4.98 Å². The number of carbonyl (C=O) groups excluding carboxylic acids is 1. The highest BCUT2D eigenvalue weighted by Crippen LogP contribution is 2.28. The fraction of sp³-hybridized carbons (Fsp3) is 0.318. The van der Waals surface area contributed by atoms with Crippen molar-refractivity contribution in [3.05, 3.63) is 70.3 Å². The first-order valence-corrected chi connectivity index (χ1v) is 10.1. The third kappa shape index (κ3) is 3.34. The second kappa shape index (κ2) is 7.55. The maximum absolute atomic E-state index is 12.5. The maximum atomic E-state index is 12.5. The van der Waals surface area contributed by atoms with Crippen molar-refractivity contribution in [2.75, 3.05) is 38.3 Å². The first kappa shape index (κ1) is 18.8. The molecule has 0 spiro atoms. The van der Waals surface area contributed by atoms with Crippen LogP contribution in [0.1, 0.15) is 16.2 Å². The lowest BCUT2D eigenvalue weighted by atomic mass is 10.1. The van der Waals surface area contributed by atoms with E-state index in [-0.39, 0.29) is 17.6 Å². The summed E-state index contributed by atoms with van der Waals surface area (Å²) in [5.74, 6) is 0.612. The summed E-state index contributed by atoms with van der Waals surface area (Å²) in [5.41, 5.74) is 2.22. The van der Waals surface area contributed by atoms with Gasteiger partial charge in [0.05, 0.1) is 41.5 Å². The van der Waals surface area contributed by atoms with Crippen LogP contribution < -0.4 is 15.8 Å². The molecule has 1 aromatic heterocycles. The van der Waals surface area contributed by atoms with Crippen molar-refractivity contribution >= 4 is 22.5 Å². The summed E-state index contributed by atoms with van der Waals surface area (Å²) in [7, 11) is 2.11.